The highest BCUT2D eigenvalue weighted by Gasteiger charge is 2.02. The lowest BCUT2D eigenvalue weighted by atomic mass is 10.3. The van der Waals surface area contributed by atoms with Gasteiger partial charge in [-0.3, -0.25) is 0 Å². The highest BCUT2D eigenvalue weighted by Crippen LogP contribution is 2.03. The molecule has 0 amide bonds. The Kier molecular flexibility index (Phi) is 4.31. The maximum absolute atomic E-state index is 10.4. The van der Waals surface area contributed by atoms with E-state index in [1.807, 2.05) is 6.92 Å². The second-order valence-electron chi connectivity index (χ2n) is 2.36. The summed E-state index contributed by atoms with van der Waals surface area (Å²) in [5.41, 5.74) is 0. The molecule has 0 saturated carbocycles. The quantitative estimate of drug-likeness (QED) is 0.619. The van der Waals surface area contributed by atoms with E-state index in [0.29, 0.717) is 6.42 Å². The monoisotopic (exact) mass is 183 g/mol. The van der Waals surface area contributed by atoms with Crippen LogP contribution in [0.4, 0.5) is 0 Å². The van der Waals surface area contributed by atoms with E-state index in [9.17, 15) is 8.42 Å². The van der Waals surface area contributed by atoms with Crippen LogP contribution in [0.2, 0.25) is 0 Å². The van der Waals surface area contributed by atoms with Gasteiger partial charge in [0.25, 0.3) is 0 Å². The first kappa shape index (κ1) is 10.3. The Hall–Kier alpha value is 0.260. The van der Waals surface area contributed by atoms with Gasteiger partial charge in [-0.1, -0.05) is 6.92 Å². The fraction of sp³-hybridized carbons (Fsp3) is 1.00. The Morgan fingerprint density at radius 2 is 2.10 bits per heavy atom. The van der Waals surface area contributed by atoms with Crippen molar-refractivity contribution in [3.05, 3.63) is 0 Å². The van der Waals surface area contributed by atoms with Crippen LogP contribution in [0.1, 0.15) is 19.8 Å². The molecule has 3 nitrogen and oxygen atoms in total. The largest absolute Gasteiger partial charge is 0.229 e. The fourth-order valence-corrected chi connectivity index (χ4v) is 1.33. The molecule has 1 atom stereocenters. The van der Waals surface area contributed by atoms with Crippen molar-refractivity contribution >= 4 is 22.7 Å². The molecule has 0 rings (SSSR count). The van der Waals surface area contributed by atoms with E-state index in [4.69, 9.17) is 5.14 Å². The average molecular weight is 183 g/mol. The predicted octanol–water partition coefficient (Wildman–Crippen LogP) is 0.373. The topological polar surface area (TPSA) is 60.2 Å². The lowest BCUT2D eigenvalue weighted by molar-refractivity contribution is 0.593. The van der Waals surface area contributed by atoms with Gasteiger partial charge in [0.2, 0.25) is 10.0 Å². The van der Waals surface area contributed by atoms with Gasteiger partial charge >= 0.3 is 0 Å². The number of primary sulfonamides is 1. The summed E-state index contributed by atoms with van der Waals surface area (Å²) in [6.07, 6.45) is 1.39. The molecule has 0 aliphatic heterocycles. The molecule has 0 aromatic carbocycles. The highest BCUT2D eigenvalue weighted by atomic mass is 32.2. The van der Waals surface area contributed by atoms with E-state index in [1.54, 1.807) is 0 Å². The van der Waals surface area contributed by atoms with Gasteiger partial charge < -0.3 is 0 Å². The number of hydrogen-bond acceptors (Lipinski definition) is 3. The number of thiol groups is 1. The molecule has 10 heavy (non-hydrogen) atoms. The highest BCUT2D eigenvalue weighted by molar-refractivity contribution is 7.89. The third kappa shape index (κ3) is 8.26. The van der Waals surface area contributed by atoms with E-state index < -0.39 is 10.0 Å². The molecule has 1 unspecified atom stereocenters. The number of sulfonamides is 1. The minimum Gasteiger partial charge on any atom is -0.229 e. The minimum atomic E-state index is -3.25. The molecule has 2 N–H and O–H groups in total. The minimum absolute atomic E-state index is 0.0674. The normalized spacial score (nSPS) is 15.1. The molecule has 0 aliphatic carbocycles. The molecule has 0 fully saturated rings. The third-order valence-electron chi connectivity index (χ3n) is 1.05. The Morgan fingerprint density at radius 3 is 2.40 bits per heavy atom. The van der Waals surface area contributed by atoms with Crippen LogP contribution in [0.5, 0.6) is 0 Å². The zero-order chi connectivity index (χ0) is 8.20. The van der Waals surface area contributed by atoms with Crippen molar-refractivity contribution in [3.8, 4) is 0 Å². The molecule has 0 radical (unpaired) electrons. The van der Waals surface area contributed by atoms with Crippen LogP contribution in [-0.4, -0.2) is 19.4 Å². The first-order chi connectivity index (χ1) is 4.42. The molecule has 0 spiro atoms. The van der Waals surface area contributed by atoms with Crippen molar-refractivity contribution in [1.82, 2.24) is 0 Å². The van der Waals surface area contributed by atoms with Crippen molar-refractivity contribution in [3.63, 3.8) is 0 Å². The average Bonchev–Trinajstić information content (AvgIpc) is 1.59. The van der Waals surface area contributed by atoms with Gasteiger partial charge in [-0.2, -0.15) is 12.6 Å². The van der Waals surface area contributed by atoms with E-state index >= 15 is 0 Å². The zero-order valence-electron chi connectivity index (χ0n) is 5.95. The molecule has 0 aromatic rings. The summed E-state index contributed by atoms with van der Waals surface area (Å²) in [5.74, 6) is 0.0674. The van der Waals surface area contributed by atoms with E-state index in [-0.39, 0.29) is 11.0 Å². The smallest absolute Gasteiger partial charge is 0.209 e. The molecule has 62 valence electrons. The van der Waals surface area contributed by atoms with Crippen molar-refractivity contribution in [2.45, 2.75) is 25.0 Å². The van der Waals surface area contributed by atoms with E-state index in [2.05, 4.69) is 12.6 Å². The SMILES string of the molecule is CC(S)CCCS(N)(=O)=O. The number of hydrogen-bond donors (Lipinski definition) is 2. The van der Waals surface area contributed by atoms with Gasteiger partial charge in [-0.05, 0) is 18.1 Å². The maximum atomic E-state index is 10.4. The third-order valence-corrected chi connectivity index (χ3v) is 2.17. The summed E-state index contributed by atoms with van der Waals surface area (Å²) >= 11 is 4.09. The Morgan fingerprint density at radius 1 is 1.60 bits per heavy atom. The lowest BCUT2D eigenvalue weighted by Crippen LogP contribution is -2.16. The molecule has 0 aliphatic rings. The second kappa shape index (κ2) is 4.20. The zero-order valence-corrected chi connectivity index (χ0v) is 7.66. The summed E-state index contributed by atoms with van der Waals surface area (Å²) in [6, 6.07) is 0. The summed E-state index contributed by atoms with van der Waals surface area (Å²) in [4.78, 5) is 0. The van der Waals surface area contributed by atoms with Gasteiger partial charge in [0.05, 0.1) is 5.75 Å². The van der Waals surface area contributed by atoms with Crippen molar-refractivity contribution in [1.29, 1.82) is 0 Å². The summed E-state index contributed by atoms with van der Waals surface area (Å²) < 4.78 is 20.7. The number of rotatable bonds is 4. The van der Waals surface area contributed by atoms with Crippen LogP contribution in [0.15, 0.2) is 0 Å². The van der Waals surface area contributed by atoms with Crippen molar-refractivity contribution < 1.29 is 8.42 Å². The summed E-state index contributed by atoms with van der Waals surface area (Å²) in [5, 5.41) is 5.02. The van der Waals surface area contributed by atoms with Gasteiger partial charge in [0.1, 0.15) is 0 Å². The molecule has 0 saturated heterocycles. The number of nitrogens with two attached hydrogens (primary N) is 1. The van der Waals surface area contributed by atoms with Crippen LogP contribution in [0.3, 0.4) is 0 Å². The van der Waals surface area contributed by atoms with Gasteiger partial charge in [-0.15, -0.1) is 0 Å². The Bertz CT molecular complexity index is 174. The van der Waals surface area contributed by atoms with Crippen LogP contribution in [0.25, 0.3) is 0 Å². The Balaban J connectivity index is 3.39. The lowest BCUT2D eigenvalue weighted by Gasteiger charge is -2.00. The fourth-order valence-electron chi connectivity index (χ4n) is 0.580. The van der Waals surface area contributed by atoms with E-state index in [0.717, 1.165) is 6.42 Å². The van der Waals surface area contributed by atoms with Gasteiger partial charge in [0.15, 0.2) is 0 Å². The predicted molar refractivity (Wildman–Crippen MR) is 45.7 cm³/mol. The second-order valence-corrected chi connectivity index (χ2v) is 4.97. The van der Waals surface area contributed by atoms with Gasteiger partial charge in [-0.25, -0.2) is 13.6 Å². The van der Waals surface area contributed by atoms with Crippen LogP contribution in [0, 0.1) is 0 Å². The first-order valence-corrected chi connectivity index (χ1v) is 5.33. The summed E-state index contributed by atoms with van der Waals surface area (Å²) in [6.45, 7) is 1.92. The Labute approximate surface area is 67.5 Å². The molecule has 0 bridgehead atoms. The van der Waals surface area contributed by atoms with E-state index in [1.165, 1.54) is 0 Å². The van der Waals surface area contributed by atoms with Crippen molar-refractivity contribution in [2.75, 3.05) is 5.75 Å². The van der Waals surface area contributed by atoms with Crippen LogP contribution >= 0.6 is 12.6 Å². The standard InChI is InChI=1S/C5H13NO2S2/c1-5(9)3-2-4-10(6,7)8/h5,9H,2-4H2,1H3,(H2,6,7,8). The molecular weight excluding hydrogens is 170 g/mol. The molecule has 0 aromatic heterocycles. The van der Waals surface area contributed by atoms with Crippen molar-refractivity contribution in [2.24, 2.45) is 5.14 Å². The first-order valence-electron chi connectivity index (χ1n) is 3.10. The molecule has 5 heteroatoms. The van der Waals surface area contributed by atoms with Crippen LogP contribution < -0.4 is 5.14 Å². The maximum Gasteiger partial charge on any atom is 0.209 e. The van der Waals surface area contributed by atoms with Crippen LogP contribution in [-0.2, 0) is 10.0 Å². The van der Waals surface area contributed by atoms with Gasteiger partial charge in [0, 0.05) is 0 Å². The molecular formula is C5H13NO2S2. The molecule has 0 heterocycles. The summed E-state index contributed by atoms with van der Waals surface area (Å²) in [7, 11) is -3.25.